The highest BCUT2D eigenvalue weighted by atomic mass is 19.4. The number of carbonyl (C=O) groups excluding carboxylic acids is 1. The van der Waals surface area contributed by atoms with Crippen LogP contribution in [0.2, 0.25) is 0 Å². The summed E-state index contributed by atoms with van der Waals surface area (Å²) in [5.74, 6) is -1.94. The molecule has 0 aromatic heterocycles. The zero-order valence-corrected chi connectivity index (χ0v) is 6.72. The van der Waals surface area contributed by atoms with E-state index in [4.69, 9.17) is 5.11 Å². The van der Waals surface area contributed by atoms with Crippen LogP contribution in [0.4, 0.5) is 13.2 Å². The third kappa shape index (κ3) is 2.69. The molecule has 0 aliphatic heterocycles. The van der Waals surface area contributed by atoms with Crippen molar-refractivity contribution in [1.29, 1.82) is 0 Å². The van der Waals surface area contributed by atoms with Gasteiger partial charge in [0.2, 0.25) is 0 Å². The number of amides is 1. The molecule has 6 heteroatoms. The molecule has 0 fully saturated rings. The Kier molecular flexibility index (Phi) is 3.51. The molecular formula is C6H10F3NO2. The largest absolute Gasteiger partial charge is 0.471 e. The Bertz CT molecular complexity index is 169. The van der Waals surface area contributed by atoms with Gasteiger partial charge in [0.1, 0.15) is 0 Å². The molecule has 0 saturated carbocycles. The third-order valence-electron chi connectivity index (χ3n) is 1.49. The van der Waals surface area contributed by atoms with Crippen LogP contribution in [0.5, 0.6) is 0 Å². The number of halogens is 3. The van der Waals surface area contributed by atoms with Gasteiger partial charge in [-0.2, -0.15) is 13.2 Å². The van der Waals surface area contributed by atoms with Gasteiger partial charge in [-0.25, -0.2) is 0 Å². The topological polar surface area (TPSA) is 40.5 Å². The van der Waals surface area contributed by atoms with Crippen molar-refractivity contribution in [1.82, 2.24) is 4.90 Å². The molecule has 1 N–H and O–H groups in total. The van der Waals surface area contributed by atoms with Gasteiger partial charge in [-0.05, 0) is 6.92 Å². The number of aliphatic hydroxyl groups excluding tert-OH is 1. The Balaban J connectivity index is 4.30. The second-order valence-corrected chi connectivity index (χ2v) is 2.45. The monoisotopic (exact) mass is 185 g/mol. The highest BCUT2D eigenvalue weighted by molar-refractivity contribution is 5.81. The van der Waals surface area contributed by atoms with E-state index in [1.54, 1.807) is 0 Å². The fourth-order valence-electron chi connectivity index (χ4n) is 0.523. The molecule has 0 saturated heterocycles. The summed E-state index contributed by atoms with van der Waals surface area (Å²) in [6.07, 6.45) is -4.86. The standard InChI is InChI=1S/C6H10F3NO2/c1-4(3-11)10(2)5(12)6(7,8)9/h4,11H,3H2,1-2H3/t4-/m1/s1. The molecule has 0 radical (unpaired) electrons. The van der Waals surface area contributed by atoms with Gasteiger partial charge in [0.25, 0.3) is 0 Å². The lowest BCUT2D eigenvalue weighted by Gasteiger charge is -2.23. The van der Waals surface area contributed by atoms with Crippen LogP contribution in [-0.4, -0.2) is 41.8 Å². The van der Waals surface area contributed by atoms with Gasteiger partial charge in [0.05, 0.1) is 12.6 Å². The number of likely N-dealkylation sites (N-methyl/N-ethyl adjacent to an activating group) is 1. The minimum Gasteiger partial charge on any atom is -0.394 e. The predicted molar refractivity (Wildman–Crippen MR) is 35.4 cm³/mol. The first kappa shape index (κ1) is 11.2. The van der Waals surface area contributed by atoms with Crippen molar-refractivity contribution in [3.63, 3.8) is 0 Å². The molecule has 0 rings (SSSR count). The smallest absolute Gasteiger partial charge is 0.394 e. The Hall–Kier alpha value is -0.780. The van der Waals surface area contributed by atoms with E-state index in [1.165, 1.54) is 6.92 Å². The van der Waals surface area contributed by atoms with Gasteiger partial charge in [-0.3, -0.25) is 4.79 Å². The number of aliphatic hydroxyl groups is 1. The Labute approximate surface area is 67.8 Å². The molecular weight excluding hydrogens is 175 g/mol. The first-order chi connectivity index (χ1) is 5.30. The molecule has 1 atom stereocenters. The highest BCUT2D eigenvalue weighted by Gasteiger charge is 2.42. The van der Waals surface area contributed by atoms with Gasteiger partial charge in [0.15, 0.2) is 0 Å². The van der Waals surface area contributed by atoms with Crippen molar-refractivity contribution in [3.8, 4) is 0 Å². The molecule has 72 valence electrons. The molecule has 3 nitrogen and oxygen atoms in total. The predicted octanol–water partition coefficient (Wildman–Crippen LogP) is 0.388. The zero-order chi connectivity index (χ0) is 9.94. The summed E-state index contributed by atoms with van der Waals surface area (Å²) in [4.78, 5) is 10.9. The maximum absolute atomic E-state index is 11.7. The normalized spacial score (nSPS) is 14.2. The number of nitrogens with zero attached hydrogens (tertiary/aromatic N) is 1. The van der Waals surface area contributed by atoms with E-state index in [0.717, 1.165) is 7.05 Å². The average molecular weight is 185 g/mol. The zero-order valence-electron chi connectivity index (χ0n) is 6.72. The van der Waals surface area contributed by atoms with Gasteiger partial charge in [0, 0.05) is 7.05 Å². The average Bonchev–Trinajstić information content (AvgIpc) is 1.98. The van der Waals surface area contributed by atoms with E-state index < -0.39 is 24.7 Å². The van der Waals surface area contributed by atoms with Gasteiger partial charge in [-0.15, -0.1) is 0 Å². The molecule has 0 aliphatic carbocycles. The summed E-state index contributed by atoms with van der Waals surface area (Å²) in [6, 6.07) is -0.820. The van der Waals surface area contributed by atoms with Crippen molar-refractivity contribution in [2.75, 3.05) is 13.7 Å². The first-order valence-corrected chi connectivity index (χ1v) is 3.25. The molecule has 0 unspecified atom stereocenters. The van der Waals surface area contributed by atoms with Crippen LogP contribution in [0.3, 0.4) is 0 Å². The Morgan fingerprint density at radius 3 is 2.25 bits per heavy atom. The molecule has 1 amide bonds. The Morgan fingerprint density at radius 1 is 1.58 bits per heavy atom. The third-order valence-corrected chi connectivity index (χ3v) is 1.49. The number of alkyl halides is 3. The number of hydrogen-bond acceptors (Lipinski definition) is 2. The maximum atomic E-state index is 11.7. The second kappa shape index (κ2) is 3.75. The summed E-state index contributed by atoms with van der Waals surface area (Å²) < 4.78 is 35.2. The lowest BCUT2D eigenvalue weighted by atomic mass is 10.3. The fraction of sp³-hybridized carbons (Fsp3) is 0.833. The van der Waals surface area contributed by atoms with Crippen LogP contribution >= 0.6 is 0 Å². The molecule has 0 aliphatic rings. The Morgan fingerprint density at radius 2 is 2.00 bits per heavy atom. The SMILES string of the molecule is C[C@H](CO)N(C)C(=O)C(F)(F)F. The van der Waals surface area contributed by atoms with Crippen molar-refractivity contribution >= 4 is 5.91 Å². The summed E-state index contributed by atoms with van der Waals surface area (Å²) in [5.41, 5.74) is 0. The molecule has 12 heavy (non-hydrogen) atoms. The van der Waals surface area contributed by atoms with Crippen molar-refractivity contribution < 1.29 is 23.1 Å². The van der Waals surface area contributed by atoms with E-state index >= 15 is 0 Å². The van der Waals surface area contributed by atoms with Gasteiger partial charge < -0.3 is 10.0 Å². The first-order valence-electron chi connectivity index (χ1n) is 3.25. The molecule has 0 aromatic rings. The van der Waals surface area contributed by atoms with Crippen molar-refractivity contribution in [2.24, 2.45) is 0 Å². The lowest BCUT2D eigenvalue weighted by molar-refractivity contribution is -0.186. The highest BCUT2D eigenvalue weighted by Crippen LogP contribution is 2.18. The number of hydrogen-bond donors (Lipinski definition) is 1. The summed E-state index contributed by atoms with van der Waals surface area (Å²) in [6.45, 7) is 0.835. The fourth-order valence-corrected chi connectivity index (χ4v) is 0.523. The number of rotatable bonds is 2. The van der Waals surface area contributed by atoms with E-state index in [9.17, 15) is 18.0 Å². The summed E-state index contributed by atoms with van der Waals surface area (Å²) >= 11 is 0. The van der Waals surface area contributed by atoms with Crippen molar-refractivity contribution in [3.05, 3.63) is 0 Å². The van der Waals surface area contributed by atoms with E-state index in [1.807, 2.05) is 0 Å². The number of carbonyl (C=O) groups is 1. The van der Waals surface area contributed by atoms with E-state index in [-0.39, 0.29) is 0 Å². The van der Waals surface area contributed by atoms with Crippen LogP contribution in [0.25, 0.3) is 0 Å². The summed E-state index contributed by atoms with van der Waals surface area (Å²) in [5, 5.41) is 8.46. The van der Waals surface area contributed by atoms with Crippen LogP contribution in [0, 0.1) is 0 Å². The molecule has 0 aromatic carbocycles. The second-order valence-electron chi connectivity index (χ2n) is 2.45. The van der Waals surface area contributed by atoms with Crippen LogP contribution in [0.1, 0.15) is 6.92 Å². The maximum Gasteiger partial charge on any atom is 0.471 e. The van der Waals surface area contributed by atoms with Crippen molar-refractivity contribution in [2.45, 2.75) is 19.1 Å². The minimum atomic E-state index is -4.86. The minimum absolute atomic E-state index is 0.458. The molecule has 0 heterocycles. The quantitative estimate of drug-likeness (QED) is 0.676. The lowest BCUT2D eigenvalue weighted by Crippen LogP contribution is -2.44. The van der Waals surface area contributed by atoms with Gasteiger partial charge >= 0.3 is 12.1 Å². The molecule has 0 spiro atoms. The van der Waals surface area contributed by atoms with Crippen LogP contribution < -0.4 is 0 Å². The summed E-state index contributed by atoms with van der Waals surface area (Å²) in [7, 11) is 0.997. The molecule has 0 bridgehead atoms. The van der Waals surface area contributed by atoms with E-state index in [2.05, 4.69) is 0 Å². The van der Waals surface area contributed by atoms with Crippen LogP contribution in [0.15, 0.2) is 0 Å². The van der Waals surface area contributed by atoms with E-state index in [0.29, 0.717) is 4.90 Å². The van der Waals surface area contributed by atoms with Gasteiger partial charge in [-0.1, -0.05) is 0 Å². The van der Waals surface area contributed by atoms with Crippen LogP contribution in [-0.2, 0) is 4.79 Å².